The number of esters is 1. The highest BCUT2D eigenvalue weighted by molar-refractivity contribution is 6.07. The van der Waals surface area contributed by atoms with Gasteiger partial charge in [-0.1, -0.05) is 0 Å². The second kappa shape index (κ2) is 8.54. The Bertz CT molecular complexity index is 842. The first-order valence-corrected chi connectivity index (χ1v) is 8.51. The molecule has 0 spiro atoms. The minimum atomic E-state index is -0.589. The van der Waals surface area contributed by atoms with E-state index in [-0.39, 0.29) is 11.8 Å². The molecule has 0 amide bonds. The standard InChI is InChI=1S/C22H24O5/c1-22(2,3)21(24)27-17-10-6-15(7-11-17)19(23)13-9-16-8-12-18(25-4)14-20(16)26-5/h6-14H,1-5H3/b13-9-. The first-order chi connectivity index (χ1) is 12.7. The molecule has 0 bridgehead atoms. The van der Waals surface area contributed by atoms with E-state index in [0.29, 0.717) is 22.8 Å². The average molecular weight is 368 g/mol. The van der Waals surface area contributed by atoms with Crippen molar-refractivity contribution in [2.45, 2.75) is 20.8 Å². The van der Waals surface area contributed by atoms with Crippen LogP contribution >= 0.6 is 0 Å². The lowest BCUT2D eigenvalue weighted by molar-refractivity contribution is -0.142. The predicted molar refractivity (Wildman–Crippen MR) is 104 cm³/mol. The van der Waals surface area contributed by atoms with E-state index in [1.54, 1.807) is 77.5 Å². The zero-order chi connectivity index (χ0) is 20.0. The van der Waals surface area contributed by atoms with Crippen molar-refractivity contribution in [2.24, 2.45) is 5.41 Å². The van der Waals surface area contributed by atoms with Crippen LogP contribution in [0.2, 0.25) is 0 Å². The molecule has 0 fully saturated rings. The fourth-order valence-corrected chi connectivity index (χ4v) is 2.17. The third-order valence-electron chi connectivity index (χ3n) is 3.82. The van der Waals surface area contributed by atoms with Crippen molar-refractivity contribution in [3.05, 3.63) is 59.7 Å². The van der Waals surface area contributed by atoms with Crippen LogP contribution in [0.1, 0.15) is 36.7 Å². The second-order valence-corrected chi connectivity index (χ2v) is 6.97. The molecule has 0 aliphatic carbocycles. The van der Waals surface area contributed by atoms with E-state index < -0.39 is 5.41 Å². The maximum Gasteiger partial charge on any atom is 0.316 e. The van der Waals surface area contributed by atoms with Crippen LogP contribution in [0.4, 0.5) is 0 Å². The van der Waals surface area contributed by atoms with Crippen molar-refractivity contribution in [1.29, 1.82) is 0 Å². The molecule has 142 valence electrons. The second-order valence-electron chi connectivity index (χ2n) is 6.97. The number of hydrogen-bond donors (Lipinski definition) is 0. The molecular formula is C22H24O5. The lowest BCUT2D eigenvalue weighted by atomic mass is 9.97. The molecule has 0 unspecified atom stereocenters. The van der Waals surface area contributed by atoms with Crippen molar-refractivity contribution in [2.75, 3.05) is 14.2 Å². The quantitative estimate of drug-likeness (QED) is 0.324. The summed E-state index contributed by atoms with van der Waals surface area (Å²) in [5.41, 5.74) is 0.672. The predicted octanol–water partition coefficient (Wildman–Crippen LogP) is 4.55. The molecule has 5 nitrogen and oxygen atoms in total. The SMILES string of the molecule is COc1ccc(/C=C\C(=O)c2ccc(OC(=O)C(C)(C)C)cc2)c(OC)c1. The molecule has 0 N–H and O–H groups in total. The number of carbonyl (C=O) groups is 2. The number of ketones is 1. The summed E-state index contributed by atoms with van der Waals surface area (Å²) >= 11 is 0. The Morgan fingerprint density at radius 1 is 0.889 bits per heavy atom. The van der Waals surface area contributed by atoms with Crippen LogP contribution in [0.15, 0.2) is 48.5 Å². The molecule has 2 aromatic carbocycles. The van der Waals surface area contributed by atoms with E-state index in [2.05, 4.69) is 0 Å². The van der Waals surface area contributed by atoms with Gasteiger partial charge in [0.2, 0.25) is 0 Å². The summed E-state index contributed by atoms with van der Waals surface area (Å²) in [6, 6.07) is 11.8. The molecule has 27 heavy (non-hydrogen) atoms. The summed E-state index contributed by atoms with van der Waals surface area (Å²) in [5, 5.41) is 0. The summed E-state index contributed by atoms with van der Waals surface area (Å²) in [4.78, 5) is 24.3. The molecule has 2 rings (SSSR count). The molecule has 0 aromatic heterocycles. The van der Waals surface area contributed by atoms with Crippen LogP contribution in [0.25, 0.3) is 6.08 Å². The van der Waals surface area contributed by atoms with Gasteiger partial charge in [-0.15, -0.1) is 0 Å². The van der Waals surface area contributed by atoms with E-state index in [9.17, 15) is 9.59 Å². The Balaban J connectivity index is 2.10. The summed E-state index contributed by atoms with van der Waals surface area (Å²) in [7, 11) is 3.14. The van der Waals surface area contributed by atoms with Gasteiger partial charge in [0.25, 0.3) is 0 Å². The number of hydrogen-bond acceptors (Lipinski definition) is 5. The van der Waals surface area contributed by atoms with Gasteiger partial charge in [-0.25, -0.2) is 0 Å². The topological polar surface area (TPSA) is 61.8 Å². The Kier molecular flexibility index (Phi) is 6.40. The average Bonchev–Trinajstić information content (AvgIpc) is 2.65. The van der Waals surface area contributed by atoms with Crippen molar-refractivity contribution in [3.63, 3.8) is 0 Å². The molecule has 0 radical (unpaired) electrons. The summed E-state index contributed by atoms with van der Waals surface area (Å²) < 4.78 is 15.8. The van der Waals surface area contributed by atoms with Gasteiger partial charge in [0.15, 0.2) is 5.78 Å². The van der Waals surface area contributed by atoms with Crippen LogP contribution in [-0.2, 0) is 4.79 Å². The molecular weight excluding hydrogens is 344 g/mol. The number of allylic oxidation sites excluding steroid dienone is 1. The van der Waals surface area contributed by atoms with E-state index >= 15 is 0 Å². The molecule has 5 heteroatoms. The summed E-state index contributed by atoms with van der Waals surface area (Å²) in [6.07, 6.45) is 3.16. The fourth-order valence-electron chi connectivity index (χ4n) is 2.17. The highest BCUT2D eigenvalue weighted by Crippen LogP contribution is 2.26. The van der Waals surface area contributed by atoms with Gasteiger partial charge >= 0.3 is 5.97 Å². The lowest BCUT2D eigenvalue weighted by Crippen LogP contribution is -2.25. The first-order valence-electron chi connectivity index (χ1n) is 8.51. The van der Waals surface area contributed by atoms with Crippen LogP contribution in [0.5, 0.6) is 17.2 Å². The van der Waals surface area contributed by atoms with Crippen molar-refractivity contribution in [1.82, 2.24) is 0 Å². The number of ether oxygens (including phenoxy) is 3. The van der Waals surface area contributed by atoms with Gasteiger partial charge < -0.3 is 14.2 Å². The summed E-state index contributed by atoms with van der Waals surface area (Å²) in [6.45, 7) is 5.35. The largest absolute Gasteiger partial charge is 0.497 e. The number of benzene rings is 2. The molecule has 0 aliphatic rings. The van der Waals surface area contributed by atoms with Crippen LogP contribution < -0.4 is 14.2 Å². The molecule has 2 aromatic rings. The number of carbonyl (C=O) groups excluding carboxylic acids is 2. The minimum absolute atomic E-state index is 0.165. The fraction of sp³-hybridized carbons (Fsp3) is 0.273. The van der Waals surface area contributed by atoms with E-state index in [0.717, 1.165) is 5.56 Å². The van der Waals surface area contributed by atoms with Gasteiger partial charge in [-0.05, 0) is 69.3 Å². The lowest BCUT2D eigenvalue weighted by Gasteiger charge is -2.16. The zero-order valence-electron chi connectivity index (χ0n) is 16.2. The van der Waals surface area contributed by atoms with Gasteiger partial charge in [0, 0.05) is 17.2 Å². The smallest absolute Gasteiger partial charge is 0.316 e. The third-order valence-corrected chi connectivity index (χ3v) is 3.82. The van der Waals surface area contributed by atoms with Crippen LogP contribution in [-0.4, -0.2) is 26.0 Å². The maximum absolute atomic E-state index is 12.4. The van der Waals surface area contributed by atoms with Crippen LogP contribution in [0.3, 0.4) is 0 Å². The Morgan fingerprint density at radius 3 is 2.07 bits per heavy atom. The van der Waals surface area contributed by atoms with Gasteiger partial charge in [0.1, 0.15) is 17.2 Å². The number of methoxy groups -OCH3 is 2. The summed E-state index contributed by atoms with van der Waals surface area (Å²) in [5.74, 6) is 1.21. The monoisotopic (exact) mass is 368 g/mol. The maximum atomic E-state index is 12.4. The Labute approximate surface area is 159 Å². The normalized spacial score (nSPS) is 11.3. The third kappa shape index (κ3) is 5.45. The first kappa shape index (κ1) is 20.2. The Morgan fingerprint density at radius 2 is 1.52 bits per heavy atom. The van der Waals surface area contributed by atoms with Gasteiger partial charge in [-0.3, -0.25) is 9.59 Å². The van der Waals surface area contributed by atoms with E-state index in [4.69, 9.17) is 14.2 Å². The van der Waals surface area contributed by atoms with Gasteiger partial charge in [0.05, 0.1) is 19.6 Å². The number of rotatable bonds is 6. The van der Waals surface area contributed by atoms with E-state index in [1.807, 2.05) is 6.07 Å². The highest BCUT2D eigenvalue weighted by atomic mass is 16.5. The minimum Gasteiger partial charge on any atom is -0.497 e. The zero-order valence-corrected chi connectivity index (χ0v) is 16.2. The van der Waals surface area contributed by atoms with Crippen molar-refractivity contribution in [3.8, 4) is 17.2 Å². The molecule has 0 saturated heterocycles. The van der Waals surface area contributed by atoms with Gasteiger partial charge in [-0.2, -0.15) is 0 Å². The van der Waals surface area contributed by atoms with Crippen molar-refractivity contribution < 1.29 is 23.8 Å². The molecule has 0 heterocycles. The Hall–Kier alpha value is -3.08. The van der Waals surface area contributed by atoms with Crippen LogP contribution in [0, 0.1) is 5.41 Å². The van der Waals surface area contributed by atoms with E-state index in [1.165, 1.54) is 6.08 Å². The molecule has 0 atom stereocenters. The molecule has 0 aliphatic heterocycles. The molecule has 0 saturated carbocycles. The highest BCUT2D eigenvalue weighted by Gasteiger charge is 2.23. The van der Waals surface area contributed by atoms with Crippen molar-refractivity contribution >= 4 is 17.8 Å².